The number of aliphatic hydroxyl groups is 1. The highest BCUT2D eigenvalue weighted by atomic mass is 35.5. The van der Waals surface area contributed by atoms with Crippen LogP contribution >= 0.6 is 34.7 Å². The molecule has 8 nitrogen and oxygen atoms in total. The highest BCUT2D eigenvalue weighted by Crippen LogP contribution is 2.31. The van der Waals surface area contributed by atoms with Gasteiger partial charge in [-0.05, 0) is 69.7 Å². The van der Waals surface area contributed by atoms with Crippen molar-refractivity contribution in [3.63, 3.8) is 0 Å². The van der Waals surface area contributed by atoms with Crippen LogP contribution in [0.1, 0.15) is 44.4 Å². The van der Waals surface area contributed by atoms with Gasteiger partial charge in [0.15, 0.2) is 0 Å². The largest absolute Gasteiger partial charge is 0.506 e. The normalized spacial score (nSPS) is 12.6. The summed E-state index contributed by atoms with van der Waals surface area (Å²) in [5, 5.41) is 24.4. The number of hydrogen-bond acceptors (Lipinski definition) is 8. The van der Waals surface area contributed by atoms with Gasteiger partial charge in [0.1, 0.15) is 16.9 Å². The average molecular weight is 582 g/mol. The number of thioether (sulfide) groups is 1. The zero-order valence-corrected chi connectivity index (χ0v) is 24.3. The van der Waals surface area contributed by atoms with E-state index >= 15 is 0 Å². The summed E-state index contributed by atoms with van der Waals surface area (Å²) in [5.41, 5.74) is 1.49. The first-order chi connectivity index (χ1) is 18.0. The highest BCUT2D eigenvalue weighted by Gasteiger charge is 2.22. The van der Waals surface area contributed by atoms with Gasteiger partial charge >= 0.3 is 11.0 Å². The number of phenols is 1. The number of carbonyl (C=O) groups is 1. The van der Waals surface area contributed by atoms with E-state index in [0.29, 0.717) is 46.9 Å². The molecule has 0 bridgehead atoms. The molecule has 1 atom stereocenters. The summed E-state index contributed by atoms with van der Waals surface area (Å²) in [6.45, 7) is 7.79. The number of H-pyrrole nitrogens is 1. The number of aromatic hydroxyl groups is 1. The zero-order chi connectivity index (χ0) is 27.7. The Morgan fingerprint density at radius 3 is 2.76 bits per heavy atom. The topological polar surface area (TPSA) is 115 Å². The van der Waals surface area contributed by atoms with Gasteiger partial charge in [0.2, 0.25) is 0 Å². The molecule has 0 spiro atoms. The molecule has 2 aromatic carbocycles. The average Bonchev–Trinajstić information content (AvgIpc) is 3.23. The van der Waals surface area contributed by atoms with Crippen LogP contribution in [0.15, 0.2) is 41.2 Å². The van der Waals surface area contributed by atoms with Gasteiger partial charge in [-0.1, -0.05) is 41.1 Å². The molecular formula is C27H36ClN3O5S2. The number of amides is 1. The van der Waals surface area contributed by atoms with Crippen LogP contribution in [0.3, 0.4) is 0 Å². The molecule has 0 aliphatic carbocycles. The second-order valence-corrected chi connectivity index (χ2v) is 12.6. The second-order valence-electron chi connectivity index (χ2n) is 9.93. The third-order valence-electron chi connectivity index (χ3n) is 5.64. The lowest BCUT2D eigenvalue weighted by atomic mass is 10.1. The van der Waals surface area contributed by atoms with Crippen LogP contribution in [0.2, 0.25) is 5.02 Å². The molecule has 1 amide bonds. The Labute approximate surface area is 236 Å². The molecule has 0 fully saturated rings. The van der Waals surface area contributed by atoms with Crippen molar-refractivity contribution in [2.45, 2.75) is 45.3 Å². The molecule has 0 radical (unpaired) electrons. The fraction of sp³-hybridized carbons (Fsp3) is 0.481. The summed E-state index contributed by atoms with van der Waals surface area (Å²) < 4.78 is 6.18. The molecule has 4 N–H and O–H groups in total. The number of thiazole rings is 1. The van der Waals surface area contributed by atoms with Crippen molar-refractivity contribution in [2.75, 3.05) is 37.7 Å². The molecule has 0 saturated heterocycles. The molecule has 0 saturated carbocycles. The van der Waals surface area contributed by atoms with E-state index in [1.807, 2.05) is 45.0 Å². The van der Waals surface area contributed by atoms with Crippen LogP contribution in [0.4, 0.5) is 4.79 Å². The van der Waals surface area contributed by atoms with Crippen LogP contribution in [-0.4, -0.2) is 69.5 Å². The van der Waals surface area contributed by atoms with Crippen molar-refractivity contribution in [1.29, 1.82) is 0 Å². The smallest absolute Gasteiger partial charge is 0.410 e. The molecule has 1 aromatic heterocycles. The Morgan fingerprint density at radius 1 is 1.24 bits per heavy atom. The number of phenolic OH excluding ortho intramolecular Hbond substituents is 1. The predicted octanol–water partition coefficient (Wildman–Crippen LogP) is 5.17. The number of hydrogen-bond donors (Lipinski definition) is 4. The van der Waals surface area contributed by atoms with Crippen molar-refractivity contribution in [3.05, 3.63) is 62.2 Å². The van der Waals surface area contributed by atoms with Crippen LogP contribution in [0.5, 0.6) is 5.75 Å². The van der Waals surface area contributed by atoms with Gasteiger partial charge in [-0.2, -0.15) is 11.8 Å². The zero-order valence-electron chi connectivity index (χ0n) is 22.0. The quantitative estimate of drug-likeness (QED) is 0.206. The van der Waals surface area contributed by atoms with Crippen molar-refractivity contribution in [3.8, 4) is 5.75 Å². The van der Waals surface area contributed by atoms with Crippen LogP contribution in [0, 0.1) is 0 Å². The molecule has 0 aliphatic heterocycles. The Hall–Kier alpha value is -2.24. The number of rotatable bonds is 13. The number of aromatic amines is 1. The summed E-state index contributed by atoms with van der Waals surface area (Å²) >= 11 is 8.84. The number of aliphatic hydroxyl groups excluding tert-OH is 1. The maximum Gasteiger partial charge on any atom is 0.410 e. The number of ether oxygens (including phenoxy) is 1. The molecule has 0 aliphatic rings. The number of carbonyl (C=O) groups excluding carboxylic acids is 1. The number of fused-ring (bicyclic) bond motifs is 1. The van der Waals surface area contributed by atoms with E-state index in [4.69, 9.17) is 16.3 Å². The number of benzene rings is 2. The monoisotopic (exact) mass is 581 g/mol. The van der Waals surface area contributed by atoms with Gasteiger partial charge in [0.25, 0.3) is 0 Å². The van der Waals surface area contributed by atoms with E-state index < -0.39 is 11.7 Å². The van der Waals surface area contributed by atoms with Crippen molar-refractivity contribution >= 4 is 51.0 Å². The second kappa shape index (κ2) is 14.2. The van der Waals surface area contributed by atoms with Crippen molar-refractivity contribution in [1.82, 2.24) is 15.2 Å². The standard InChI is InChI=1S/C27H36ClN3O5S2/c1-27(2,3)36-26(35)31(12-10-18-6-4-7-19(28)16-18)13-15-37-14-5-11-29-17-22(33)20-8-9-21(32)23-24(20)38-25(34)30-23/h4,6-9,16,22,29,32-33H,5,10-15,17H2,1-3H3,(H,30,34)/t22-/m0/s1. The molecule has 3 aromatic rings. The molecule has 0 unspecified atom stereocenters. The van der Waals surface area contributed by atoms with E-state index in [9.17, 15) is 19.8 Å². The van der Waals surface area contributed by atoms with Crippen LogP contribution < -0.4 is 10.2 Å². The SMILES string of the molecule is CC(C)(C)OC(=O)N(CCSCCCNC[C@H](O)c1ccc(O)c2[nH]c(=O)sc12)CCc1cccc(Cl)c1. The van der Waals surface area contributed by atoms with Crippen molar-refractivity contribution < 1.29 is 19.7 Å². The first kappa shape index (κ1) is 30.3. The van der Waals surface area contributed by atoms with E-state index in [-0.39, 0.29) is 16.7 Å². The van der Waals surface area contributed by atoms with E-state index in [2.05, 4.69) is 10.3 Å². The first-order valence-electron chi connectivity index (χ1n) is 12.6. The summed E-state index contributed by atoms with van der Waals surface area (Å²) in [5.74, 6) is 1.69. The Balaban J connectivity index is 1.38. The Bertz CT molecular complexity index is 1260. The summed E-state index contributed by atoms with van der Waals surface area (Å²) in [6, 6.07) is 10.8. The summed E-state index contributed by atoms with van der Waals surface area (Å²) in [4.78, 5) is 28.5. The highest BCUT2D eigenvalue weighted by molar-refractivity contribution is 7.99. The Kier molecular flexibility index (Phi) is 11.3. The fourth-order valence-electron chi connectivity index (χ4n) is 3.80. The molecule has 38 heavy (non-hydrogen) atoms. The van der Waals surface area contributed by atoms with Crippen LogP contribution in [-0.2, 0) is 11.2 Å². The molecule has 11 heteroatoms. The minimum absolute atomic E-state index is 0.00557. The number of nitrogens with one attached hydrogen (secondary N) is 2. The maximum absolute atomic E-state index is 12.7. The number of halogens is 1. The predicted molar refractivity (Wildman–Crippen MR) is 157 cm³/mol. The molecule has 1 heterocycles. The minimum Gasteiger partial charge on any atom is -0.506 e. The fourth-order valence-corrected chi connectivity index (χ4v) is 5.84. The lowest BCUT2D eigenvalue weighted by molar-refractivity contribution is 0.0264. The molecule has 3 rings (SSSR count). The minimum atomic E-state index is -0.793. The number of nitrogens with zero attached hydrogens (tertiary/aromatic N) is 1. The van der Waals surface area contributed by atoms with Gasteiger partial charge in [-0.15, -0.1) is 0 Å². The lowest BCUT2D eigenvalue weighted by Gasteiger charge is -2.27. The van der Waals surface area contributed by atoms with Gasteiger partial charge in [-0.25, -0.2) is 4.79 Å². The van der Waals surface area contributed by atoms with Crippen LogP contribution in [0.25, 0.3) is 10.2 Å². The lowest BCUT2D eigenvalue weighted by Crippen LogP contribution is -2.39. The van der Waals surface area contributed by atoms with Crippen molar-refractivity contribution in [2.24, 2.45) is 0 Å². The Morgan fingerprint density at radius 2 is 2.03 bits per heavy atom. The third kappa shape index (κ3) is 9.50. The third-order valence-corrected chi connectivity index (χ3v) is 7.86. The van der Waals surface area contributed by atoms with Gasteiger partial charge in [-0.3, -0.25) is 4.79 Å². The maximum atomic E-state index is 12.7. The number of aromatic nitrogens is 1. The molecule has 208 valence electrons. The van der Waals surface area contributed by atoms with E-state index in [0.717, 1.165) is 41.4 Å². The van der Waals surface area contributed by atoms with Gasteiger partial charge < -0.3 is 30.2 Å². The summed E-state index contributed by atoms with van der Waals surface area (Å²) in [6.07, 6.45) is 0.490. The molecular weight excluding hydrogens is 546 g/mol. The summed E-state index contributed by atoms with van der Waals surface area (Å²) in [7, 11) is 0. The van der Waals surface area contributed by atoms with E-state index in [1.165, 1.54) is 6.07 Å². The van der Waals surface area contributed by atoms with Gasteiger partial charge in [0.05, 0.1) is 10.8 Å². The van der Waals surface area contributed by atoms with E-state index in [1.54, 1.807) is 22.7 Å². The van der Waals surface area contributed by atoms with Gasteiger partial charge in [0, 0.05) is 36.0 Å². The first-order valence-corrected chi connectivity index (χ1v) is 14.9.